The third kappa shape index (κ3) is 5.13. The second-order valence-electron chi connectivity index (χ2n) is 6.30. The molecule has 2 N–H and O–H groups in total. The molecular weight excluding hydrogens is 451 g/mol. The van der Waals surface area contributed by atoms with E-state index < -0.39 is 21.7 Å². The topological polar surface area (TPSA) is 112 Å². The predicted molar refractivity (Wildman–Crippen MR) is 115 cm³/mol. The molecule has 0 bridgehead atoms. The molecule has 0 radical (unpaired) electrons. The summed E-state index contributed by atoms with van der Waals surface area (Å²) in [5, 5.41) is 11.7. The summed E-state index contributed by atoms with van der Waals surface area (Å²) in [6, 6.07) is 8.71. The van der Waals surface area contributed by atoms with E-state index in [2.05, 4.69) is 15.0 Å². The fourth-order valence-electron chi connectivity index (χ4n) is 2.65. The SMILES string of the molecule is Cc1sc(C(=O)Nc2cc(Cl)cc(NS(C)(=O)=O)c2)cc1-c1ncc(C#N)cc1F. The van der Waals surface area contributed by atoms with Crippen molar-refractivity contribution in [2.45, 2.75) is 6.92 Å². The van der Waals surface area contributed by atoms with Crippen molar-refractivity contribution in [3.05, 3.63) is 62.7 Å². The number of thiophene rings is 1. The Morgan fingerprint density at radius 1 is 1.23 bits per heavy atom. The number of pyridine rings is 1. The molecule has 0 aliphatic carbocycles. The zero-order valence-electron chi connectivity index (χ0n) is 15.7. The molecule has 0 unspecified atom stereocenters. The highest BCUT2D eigenvalue weighted by atomic mass is 35.5. The van der Waals surface area contributed by atoms with Crippen molar-refractivity contribution >= 4 is 50.2 Å². The van der Waals surface area contributed by atoms with Gasteiger partial charge in [-0.05, 0) is 37.3 Å². The summed E-state index contributed by atoms with van der Waals surface area (Å²) in [5.41, 5.74) is 1.07. The minimum absolute atomic E-state index is 0.0456. The van der Waals surface area contributed by atoms with Gasteiger partial charge in [0.2, 0.25) is 10.0 Å². The van der Waals surface area contributed by atoms with E-state index >= 15 is 0 Å². The van der Waals surface area contributed by atoms with Gasteiger partial charge in [-0.1, -0.05) is 11.6 Å². The number of rotatable bonds is 5. The van der Waals surface area contributed by atoms with Crippen LogP contribution in [0.1, 0.15) is 20.1 Å². The molecule has 0 saturated carbocycles. The number of hydrogen-bond acceptors (Lipinski definition) is 6. The first-order chi connectivity index (χ1) is 14.1. The van der Waals surface area contributed by atoms with Gasteiger partial charge in [0.25, 0.3) is 5.91 Å². The molecule has 0 spiro atoms. The van der Waals surface area contributed by atoms with Crippen LogP contribution in [0, 0.1) is 24.1 Å². The number of benzene rings is 1. The Balaban J connectivity index is 1.87. The molecule has 1 amide bonds. The van der Waals surface area contributed by atoms with E-state index in [-0.39, 0.29) is 27.7 Å². The number of aryl methyl sites for hydroxylation is 1. The fraction of sp³-hybridized carbons (Fsp3) is 0.105. The van der Waals surface area contributed by atoms with E-state index in [0.29, 0.717) is 15.3 Å². The minimum atomic E-state index is -3.52. The Morgan fingerprint density at radius 3 is 2.57 bits per heavy atom. The zero-order valence-corrected chi connectivity index (χ0v) is 18.0. The van der Waals surface area contributed by atoms with E-state index in [4.69, 9.17) is 16.9 Å². The largest absolute Gasteiger partial charge is 0.321 e. The van der Waals surface area contributed by atoms with E-state index in [1.807, 2.05) is 6.07 Å². The van der Waals surface area contributed by atoms with Gasteiger partial charge in [-0.15, -0.1) is 11.3 Å². The van der Waals surface area contributed by atoms with Crippen molar-refractivity contribution in [2.24, 2.45) is 0 Å². The van der Waals surface area contributed by atoms with Crippen molar-refractivity contribution in [2.75, 3.05) is 16.3 Å². The number of anilines is 2. The van der Waals surface area contributed by atoms with Crippen LogP contribution < -0.4 is 10.0 Å². The highest BCUT2D eigenvalue weighted by molar-refractivity contribution is 7.92. The van der Waals surface area contributed by atoms with Crippen LogP contribution in [0.4, 0.5) is 15.8 Å². The summed E-state index contributed by atoms with van der Waals surface area (Å²) < 4.78 is 39.4. The lowest BCUT2D eigenvalue weighted by Crippen LogP contribution is -2.12. The van der Waals surface area contributed by atoms with Gasteiger partial charge in [0.1, 0.15) is 11.8 Å². The summed E-state index contributed by atoms with van der Waals surface area (Å²) >= 11 is 7.15. The lowest BCUT2D eigenvalue weighted by Gasteiger charge is -2.09. The van der Waals surface area contributed by atoms with Crippen LogP contribution in [0.2, 0.25) is 5.02 Å². The van der Waals surface area contributed by atoms with Crippen LogP contribution in [0.25, 0.3) is 11.3 Å². The van der Waals surface area contributed by atoms with Gasteiger partial charge in [-0.25, -0.2) is 12.8 Å². The third-order valence-corrected chi connectivity index (χ3v) is 5.70. The summed E-state index contributed by atoms with van der Waals surface area (Å²) in [7, 11) is -3.52. The lowest BCUT2D eigenvalue weighted by atomic mass is 10.1. The summed E-state index contributed by atoms with van der Waals surface area (Å²) in [4.78, 5) is 17.6. The van der Waals surface area contributed by atoms with Gasteiger partial charge in [0.15, 0.2) is 5.82 Å². The molecule has 0 saturated heterocycles. The number of carbonyl (C=O) groups is 1. The first kappa shape index (κ1) is 21.7. The molecule has 0 fully saturated rings. The average Bonchev–Trinajstić information content (AvgIpc) is 3.01. The number of nitrogens with one attached hydrogen (secondary N) is 2. The van der Waals surface area contributed by atoms with Crippen molar-refractivity contribution in [1.29, 1.82) is 5.26 Å². The molecule has 3 aromatic rings. The van der Waals surface area contributed by atoms with Gasteiger partial charge < -0.3 is 5.32 Å². The zero-order chi connectivity index (χ0) is 22.1. The van der Waals surface area contributed by atoms with Crippen LogP contribution in [0.5, 0.6) is 0 Å². The van der Waals surface area contributed by atoms with Gasteiger partial charge >= 0.3 is 0 Å². The Hall–Kier alpha value is -3.00. The Labute approximate surface area is 181 Å². The molecule has 0 aliphatic rings. The fourth-order valence-corrected chi connectivity index (χ4v) is 4.35. The Morgan fingerprint density at radius 2 is 1.93 bits per heavy atom. The molecule has 2 heterocycles. The highest BCUT2D eigenvalue weighted by Gasteiger charge is 2.18. The Bertz CT molecular complexity index is 1300. The first-order valence-corrected chi connectivity index (χ1v) is 11.4. The number of hydrogen-bond donors (Lipinski definition) is 2. The smallest absolute Gasteiger partial charge is 0.265 e. The van der Waals surface area contributed by atoms with Crippen molar-refractivity contribution < 1.29 is 17.6 Å². The van der Waals surface area contributed by atoms with Gasteiger partial charge in [-0.2, -0.15) is 5.26 Å². The maximum absolute atomic E-state index is 14.3. The number of nitrogens with zero attached hydrogens (tertiary/aromatic N) is 2. The van der Waals surface area contributed by atoms with Gasteiger partial charge in [0.05, 0.1) is 22.4 Å². The maximum Gasteiger partial charge on any atom is 0.265 e. The van der Waals surface area contributed by atoms with Crippen LogP contribution >= 0.6 is 22.9 Å². The third-order valence-electron chi connectivity index (χ3n) is 3.83. The molecule has 154 valence electrons. The number of sulfonamides is 1. The number of aromatic nitrogens is 1. The first-order valence-electron chi connectivity index (χ1n) is 8.32. The van der Waals surface area contributed by atoms with Gasteiger partial charge in [0, 0.05) is 27.3 Å². The van der Waals surface area contributed by atoms with Gasteiger partial charge in [-0.3, -0.25) is 14.5 Å². The van der Waals surface area contributed by atoms with Crippen LogP contribution in [0.15, 0.2) is 36.5 Å². The molecule has 7 nitrogen and oxygen atoms in total. The molecule has 3 rings (SSSR count). The second kappa shape index (κ2) is 8.39. The molecule has 2 aromatic heterocycles. The predicted octanol–water partition coefficient (Wildman–Crippen LogP) is 4.41. The molecule has 1 aromatic carbocycles. The summed E-state index contributed by atoms with van der Waals surface area (Å²) in [6.07, 6.45) is 2.26. The number of carbonyl (C=O) groups excluding carboxylic acids is 1. The maximum atomic E-state index is 14.3. The normalized spacial score (nSPS) is 11.0. The number of amides is 1. The molecular formula is C19H14ClFN4O3S2. The minimum Gasteiger partial charge on any atom is -0.321 e. The lowest BCUT2D eigenvalue weighted by molar-refractivity contribution is 0.103. The van der Waals surface area contributed by atoms with Crippen molar-refractivity contribution in [1.82, 2.24) is 4.98 Å². The monoisotopic (exact) mass is 464 g/mol. The second-order valence-corrected chi connectivity index (χ2v) is 9.74. The average molecular weight is 465 g/mol. The standard InChI is InChI=1S/C19H14ClFN4O3S2/c1-10-15(18-16(21)3-11(8-22)9-23-18)7-17(29-10)19(26)24-13-4-12(20)5-14(6-13)25-30(2,27)28/h3-7,9,25H,1-2H3,(H,24,26). The van der Waals surface area contributed by atoms with E-state index in [9.17, 15) is 17.6 Å². The van der Waals surface area contributed by atoms with Crippen molar-refractivity contribution in [3.8, 4) is 17.3 Å². The summed E-state index contributed by atoms with van der Waals surface area (Å²) in [6.45, 7) is 1.73. The van der Waals surface area contributed by atoms with E-state index in [1.54, 1.807) is 6.92 Å². The summed E-state index contributed by atoms with van der Waals surface area (Å²) in [5.74, 6) is -1.13. The number of nitriles is 1. The van der Waals surface area contributed by atoms with Crippen LogP contribution in [-0.2, 0) is 10.0 Å². The molecule has 0 atom stereocenters. The van der Waals surface area contributed by atoms with E-state index in [1.165, 1.54) is 30.5 Å². The van der Waals surface area contributed by atoms with Crippen LogP contribution in [-0.4, -0.2) is 25.6 Å². The van der Waals surface area contributed by atoms with Crippen LogP contribution in [0.3, 0.4) is 0 Å². The molecule has 30 heavy (non-hydrogen) atoms. The molecule has 11 heteroatoms. The van der Waals surface area contributed by atoms with Crippen molar-refractivity contribution in [3.63, 3.8) is 0 Å². The van der Waals surface area contributed by atoms with E-state index in [0.717, 1.165) is 23.7 Å². The molecule has 0 aliphatic heterocycles. The highest BCUT2D eigenvalue weighted by Crippen LogP contribution is 2.32. The Kier molecular flexibility index (Phi) is 6.07. The number of halogens is 2. The quantitative estimate of drug-likeness (QED) is 0.581.